The third kappa shape index (κ3) is 4.17. The van der Waals surface area contributed by atoms with E-state index in [0.29, 0.717) is 12.0 Å². The van der Waals surface area contributed by atoms with Crippen molar-refractivity contribution >= 4 is 15.7 Å². The molecule has 0 radical (unpaired) electrons. The van der Waals surface area contributed by atoms with Crippen molar-refractivity contribution in [2.24, 2.45) is 0 Å². The number of piperazine rings is 1. The highest BCUT2D eigenvalue weighted by atomic mass is 32.2. The average Bonchev–Trinajstić information content (AvgIpc) is 2.73. The van der Waals surface area contributed by atoms with Crippen molar-refractivity contribution in [3.63, 3.8) is 0 Å². The second kappa shape index (κ2) is 8.42. The summed E-state index contributed by atoms with van der Waals surface area (Å²) in [7, 11) is -3.56. The maximum atomic E-state index is 14.9. The number of nitrogens with zero attached hydrogens (tertiary/aromatic N) is 2. The van der Waals surface area contributed by atoms with Crippen molar-refractivity contribution in [3.8, 4) is 0 Å². The van der Waals surface area contributed by atoms with Crippen LogP contribution in [0.4, 0.5) is 10.1 Å². The summed E-state index contributed by atoms with van der Waals surface area (Å²) in [5, 5.41) is 2.72. The number of nitrogens with one attached hydrogen (secondary N) is 1. The van der Waals surface area contributed by atoms with Crippen LogP contribution in [0, 0.1) is 5.82 Å². The molecule has 156 valence electrons. The number of hydrogen-bond acceptors (Lipinski definition) is 4. The van der Waals surface area contributed by atoms with Crippen LogP contribution in [0.25, 0.3) is 0 Å². The zero-order valence-corrected chi connectivity index (χ0v) is 17.5. The van der Waals surface area contributed by atoms with Gasteiger partial charge in [0.05, 0.1) is 0 Å². The Morgan fingerprint density at radius 3 is 2.48 bits per heavy atom. The van der Waals surface area contributed by atoms with Gasteiger partial charge in [-0.1, -0.05) is 36.4 Å². The van der Waals surface area contributed by atoms with E-state index in [1.54, 1.807) is 6.07 Å². The van der Waals surface area contributed by atoms with Gasteiger partial charge >= 0.3 is 0 Å². The zero-order valence-electron chi connectivity index (χ0n) is 16.7. The molecule has 2 aromatic rings. The molecule has 0 bridgehead atoms. The van der Waals surface area contributed by atoms with Crippen LogP contribution in [-0.4, -0.2) is 44.9 Å². The minimum Gasteiger partial charge on any atom is -0.369 e. The van der Waals surface area contributed by atoms with Gasteiger partial charge < -0.3 is 10.2 Å². The average molecular weight is 418 g/mol. The van der Waals surface area contributed by atoms with E-state index in [2.05, 4.69) is 10.2 Å². The van der Waals surface area contributed by atoms with Gasteiger partial charge in [-0.2, -0.15) is 4.31 Å². The molecule has 0 amide bonds. The van der Waals surface area contributed by atoms with Gasteiger partial charge in [0.2, 0.25) is 10.0 Å². The Labute approximate surface area is 172 Å². The summed E-state index contributed by atoms with van der Waals surface area (Å²) < 4.78 is 43.1. The molecule has 2 saturated heterocycles. The van der Waals surface area contributed by atoms with E-state index in [1.165, 1.54) is 10.4 Å². The third-order valence-corrected chi connectivity index (χ3v) is 8.41. The van der Waals surface area contributed by atoms with Crippen molar-refractivity contribution in [3.05, 3.63) is 65.5 Å². The first-order valence-electron chi connectivity index (χ1n) is 10.3. The molecule has 0 aliphatic carbocycles. The van der Waals surface area contributed by atoms with Crippen LogP contribution < -0.4 is 10.2 Å². The van der Waals surface area contributed by atoms with E-state index in [9.17, 15) is 12.8 Å². The van der Waals surface area contributed by atoms with Gasteiger partial charge in [-0.15, -0.1) is 0 Å². The first kappa shape index (κ1) is 20.3. The number of rotatable bonds is 4. The number of anilines is 1. The lowest BCUT2D eigenvalue weighted by Crippen LogP contribution is -2.45. The molecule has 0 spiro atoms. The van der Waals surface area contributed by atoms with Crippen molar-refractivity contribution in [1.29, 1.82) is 0 Å². The quantitative estimate of drug-likeness (QED) is 0.830. The van der Waals surface area contributed by atoms with E-state index in [-0.39, 0.29) is 18.4 Å². The van der Waals surface area contributed by atoms with Crippen LogP contribution >= 0.6 is 0 Å². The molecule has 1 unspecified atom stereocenters. The second-order valence-electron chi connectivity index (χ2n) is 7.93. The maximum Gasteiger partial charge on any atom is 0.221 e. The van der Waals surface area contributed by atoms with Gasteiger partial charge in [-0.05, 0) is 37.5 Å². The lowest BCUT2D eigenvalue weighted by molar-refractivity contribution is 0.279. The van der Waals surface area contributed by atoms with E-state index in [1.807, 2.05) is 43.3 Å². The monoisotopic (exact) mass is 417 g/mol. The zero-order chi connectivity index (χ0) is 20.4. The Kier molecular flexibility index (Phi) is 5.90. The minimum atomic E-state index is -3.56. The molecule has 5 nitrogen and oxygen atoms in total. The SMILES string of the molecule is C[C@H]1CCC(c2ccccc2)S(=O)(=O)N1Cc1ccc(N2CCNCC2)cc1F. The summed E-state index contributed by atoms with van der Waals surface area (Å²) >= 11 is 0. The fourth-order valence-electron chi connectivity index (χ4n) is 4.30. The van der Waals surface area contributed by atoms with Gasteiger partial charge in [-0.25, -0.2) is 12.8 Å². The standard InChI is InChI=1S/C22H28FN3O2S/c1-17-7-10-22(18-5-3-2-4-6-18)29(27,28)26(17)16-19-8-9-20(15-21(19)23)25-13-11-24-12-14-25/h2-6,8-9,15,17,22,24H,7,10-14,16H2,1H3/t17-,22?/m0/s1. The molecule has 2 aliphatic rings. The van der Waals surface area contributed by atoms with E-state index in [4.69, 9.17) is 0 Å². The molecule has 0 aromatic heterocycles. The largest absolute Gasteiger partial charge is 0.369 e. The molecule has 2 fully saturated rings. The second-order valence-corrected chi connectivity index (χ2v) is 10.00. The molecule has 2 aliphatic heterocycles. The van der Waals surface area contributed by atoms with Gasteiger partial charge in [0.15, 0.2) is 0 Å². The lowest BCUT2D eigenvalue weighted by Gasteiger charge is -2.37. The van der Waals surface area contributed by atoms with Gasteiger partial charge in [0.1, 0.15) is 11.1 Å². The fourth-order valence-corrected chi connectivity index (χ4v) is 6.49. The third-order valence-electron chi connectivity index (χ3n) is 6.04. The Hall–Kier alpha value is -1.96. The first-order valence-corrected chi connectivity index (χ1v) is 11.8. The van der Waals surface area contributed by atoms with Gasteiger partial charge in [0.25, 0.3) is 0 Å². The molecular formula is C22H28FN3O2S. The van der Waals surface area contributed by atoms with Crippen LogP contribution in [0.15, 0.2) is 48.5 Å². The lowest BCUT2D eigenvalue weighted by atomic mass is 10.0. The van der Waals surface area contributed by atoms with Gasteiger partial charge in [-0.3, -0.25) is 0 Å². The van der Waals surface area contributed by atoms with Gasteiger partial charge in [0, 0.05) is 50.0 Å². The number of benzene rings is 2. The number of hydrogen-bond donors (Lipinski definition) is 1. The Morgan fingerprint density at radius 2 is 1.79 bits per heavy atom. The van der Waals surface area contributed by atoms with Crippen molar-refractivity contribution in [2.45, 2.75) is 37.6 Å². The molecule has 29 heavy (non-hydrogen) atoms. The predicted molar refractivity (Wildman–Crippen MR) is 114 cm³/mol. The molecule has 1 N–H and O–H groups in total. The number of sulfonamides is 1. The van der Waals surface area contributed by atoms with Crippen molar-refractivity contribution < 1.29 is 12.8 Å². The smallest absolute Gasteiger partial charge is 0.221 e. The summed E-state index contributed by atoms with van der Waals surface area (Å²) in [6.07, 6.45) is 1.35. The van der Waals surface area contributed by atoms with Crippen LogP contribution in [0.1, 0.15) is 36.1 Å². The predicted octanol–water partition coefficient (Wildman–Crippen LogP) is 3.29. The summed E-state index contributed by atoms with van der Waals surface area (Å²) in [6.45, 7) is 5.43. The normalized spacial score (nSPS) is 25.1. The van der Waals surface area contributed by atoms with Crippen LogP contribution in [0.2, 0.25) is 0 Å². The minimum absolute atomic E-state index is 0.0699. The Balaban J connectivity index is 1.57. The molecule has 2 aromatic carbocycles. The van der Waals surface area contributed by atoms with Crippen LogP contribution in [-0.2, 0) is 16.6 Å². The van der Waals surface area contributed by atoms with Crippen molar-refractivity contribution in [1.82, 2.24) is 9.62 Å². The topological polar surface area (TPSA) is 52.7 Å². The molecule has 2 heterocycles. The Bertz CT molecular complexity index is 946. The highest BCUT2D eigenvalue weighted by molar-refractivity contribution is 7.89. The molecule has 2 atom stereocenters. The first-order chi connectivity index (χ1) is 14.0. The molecular weight excluding hydrogens is 389 g/mol. The molecule has 4 rings (SSSR count). The molecule has 0 saturated carbocycles. The summed E-state index contributed by atoms with van der Waals surface area (Å²) in [5.74, 6) is -0.342. The summed E-state index contributed by atoms with van der Waals surface area (Å²) in [5.41, 5.74) is 2.08. The van der Waals surface area contributed by atoms with E-state index >= 15 is 0 Å². The maximum absolute atomic E-state index is 14.9. The van der Waals surface area contributed by atoms with E-state index < -0.39 is 15.3 Å². The Morgan fingerprint density at radius 1 is 1.07 bits per heavy atom. The highest BCUT2D eigenvalue weighted by Gasteiger charge is 2.40. The van der Waals surface area contributed by atoms with Crippen LogP contribution in [0.3, 0.4) is 0 Å². The number of halogens is 1. The van der Waals surface area contributed by atoms with E-state index in [0.717, 1.165) is 43.9 Å². The highest BCUT2D eigenvalue weighted by Crippen LogP contribution is 2.38. The fraction of sp³-hybridized carbons (Fsp3) is 0.455. The van der Waals surface area contributed by atoms with Crippen molar-refractivity contribution in [2.75, 3.05) is 31.1 Å². The van der Waals surface area contributed by atoms with Crippen LogP contribution in [0.5, 0.6) is 0 Å². The summed E-state index contributed by atoms with van der Waals surface area (Å²) in [4.78, 5) is 2.15. The summed E-state index contributed by atoms with van der Waals surface area (Å²) in [6, 6.07) is 14.4. The molecule has 7 heteroatoms.